The Labute approximate surface area is 73.8 Å². The largest absolute Gasteiger partial charge is 0.295 e. The molecule has 2 aliphatic rings. The minimum absolute atomic E-state index is 0.289. The van der Waals surface area contributed by atoms with E-state index < -0.39 is 0 Å². The fourth-order valence-corrected chi connectivity index (χ4v) is 2.44. The molecule has 1 saturated carbocycles. The van der Waals surface area contributed by atoms with Crippen molar-refractivity contribution in [2.24, 2.45) is 11.8 Å². The molecule has 2 atom stereocenters. The number of hydrogen-bond acceptors (Lipinski definition) is 1. The highest BCUT2D eigenvalue weighted by atomic mass is 16.1. The monoisotopic (exact) mass is 164 g/mol. The minimum Gasteiger partial charge on any atom is -0.295 e. The van der Waals surface area contributed by atoms with E-state index in [4.69, 9.17) is 0 Å². The van der Waals surface area contributed by atoms with Crippen LogP contribution in [0.15, 0.2) is 11.6 Å². The van der Waals surface area contributed by atoms with Gasteiger partial charge in [0, 0.05) is 5.92 Å². The zero-order valence-corrected chi connectivity index (χ0v) is 7.68. The maximum atomic E-state index is 11.4. The Morgan fingerprint density at radius 3 is 3.08 bits per heavy atom. The third-order valence-corrected chi connectivity index (χ3v) is 3.24. The molecule has 1 nitrogen and oxygen atoms in total. The molecule has 2 aliphatic carbocycles. The summed E-state index contributed by atoms with van der Waals surface area (Å²) in [6.07, 6.45) is 8.21. The molecule has 0 N–H and O–H groups in total. The summed E-state index contributed by atoms with van der Waals surface area (Å²) in [5.41, 5.74) is 1.45. The molecule has 1 heteroatoms. The van der Waals surface area contributed by atoms with Gasteiger partial charge < -0.3 is 0 Å². The number of fused-ring (bicyclic) bond motifs is 1. The van der Waals surface area contributed by atoms with Crippen molar-refractivity contribution in [1.29, 1.82) is 0 Å². The molecule has 0 aromatic heterocycles. The molecule has 0 radical (unpaired) electrons. The van der Waals surface area contributed by atoms with E-state index in [1.165, 1.54) is 31.3 Å². The molecule has 0 saturated heterocycles. The summed E-state index contributed by atoms with van der Waals surface area (Å²) in [7, 11) is 0. The highest BCUT2D eigenvalue weighted by Gasteiger charge is 2.28. The Bertz CT molecular complexity index is 227. The minimum atomic E-state index is 0.289. The third-order valence-electron chi connectivity index (χ3n) is 3.24. The number of carbonyl (C=O) groups excluding carboxylic acids is 1. The summed E-state index contributed by atoms with van der Waals surface area (Å²) < 4.78 is 0. The standard InChI is InChI=1S/C11H16O/c1-8-6-9-4-2-3-5-10(9)7-11(8)12/h7-9H,2-6H2,1H3/t8-,9-/m0/s1. The lowest BCUT2D eigenvalue weighted by molar-refractivity contribution is -0.118. The molecule has 0 unspecified atom stereocenters. The molecule has 0 spiro atoms. The molecule has 66 valence electrons. The van der Waals surface area contributed by atoms with Crippen molar-refractivity contribution in [3.8, 4) is 0 Å². The molecule has 2 rings (SSSR count). The van der Waals surface area contributed by atoms with Crippen molar-refractivity contribution in [2.75, 3.05) is 0 Å². The average molecular weight is 164 g/mol. The predicted octanol–water partition coefficient (Wildman–Crippen LogP) is 2.71. The van der Waals surface area contributed by atoms with Crippen molar-refractivity contribution in [3.63, 3.8) is 0 Å². The quantitative estimate of drug-likeness (QED) is 0.538. The van der Waals surface area contributed by atoms with E-state index in [0.29, 0.717) is 5.78 Å². The fourth-order valence-electron chi connectivity index (χ4n) is 2.44. The second-order valence-corrected chi connectivity index (χ2v) is 4.20. The van der Waals surface area contributed by atoms with Gasteiger partial charge in [0.2, 0.25) is 0 Å². The lowest BCUT2D eigenvalue weighted by atomic mass is 9.74. The van der Waals surface area contributed by atoms with E-state index in [1.807, 2.05) is 6.08 Å². The zero-order valence-electron chi connectivity index (χ0n) is 7.68. The first-order chi connectivity index (χ1) is 5.77. The van der Waals surface area contributed by atoms with Crippen LogP contribution in [0.1, 0.15) is 39.0 Å². The van der Waals surface area contributed by atoms with Crippen LogP contribution in [0.25, 0.3) is 0 Å². The van der Waals surface area contributed by atoms with Crippen molar-refractivity contribution in [1.82, 2.24) is 0 Å². The van der Waals surface area contributed by atoms with Gasteiger partial charge in [0.15, 0.2) is 5.78 Å². The van der Waals surface area contributed by atoms with Gasteiger partial charge in [-0.2, -0.15) is 0 Å². The van der Waals surface area contributed by atoms with Crippen molar-refractivity contribution < 1.29 is 4.79 Å². The van der Waals surface area contributed by atoms with Crippen molar-refractivity contribution in [3.05, 3.63) is 11.6 Å². The molecule has 0 amide bonds. The number of hydrogen-bond donors (Lipinski definition) is 0. The van der Waals surface area contributed by atoms with Crippen LogP contribution in [-0.2, 0) is 4.79 Å². The van der Waals surface area contributed by atoms with Crippen LogP contribution in [-0.4, -0.2) is 5.78 Å². The summed E-state index contributed by atoms with van der Waals surface area (Å²) in [5, 5.41) is 0. The normalized spacial score (nSPS) is 35.8. The average Bonchev–Trinajstić information content (AvgIpc) is 2.07. The molecule has 12 heavy (non-hydrogen) atoms. The van der Waals surface area contributed by atoms with E-state index in [1.54, 1.807) is 0 Å². The Morgan fingerprint density at radius 1 is 1.42 bits per heavy atom. The summed E-state index contributed by atoms with van der Waals surface area (Å²) in [6, 6.07) is 0. The van der Waals surface area contributed by atoms with Crippen LogP contribution in [0.3, 0.4) is 0 Å². The Kier molecular flexibility index (Phi) is 2.03. The lowest BCUT2D eigenvalue weighted by Crippen LogP contribution is -2.23. The first kappa shape index (κ1) is 8.03. The first-order valence-electron chi connectivity index (χ1n) is 5.01. The number of allylic oxidation sites excluding steroid dienone is 2. The van der Waals surface area contributed by atoms with Crippen molar-refractivity contribution >= 4 is 5.78 Å². The fraction of sp³-hybridized carbons (Fsp3) is 0.727. The van der Waals surface area contributed by atoms with Gasteiger partial charge in [0.05, 0.1) is 0 Å². The second-order valence-electron chi connectivity index (χ2n) is 4.20. The smallest absolute Gasteiger partial charge is 0.158 e. The predicted molar refractivity (Wildman–Crippen MR) is 48.8 cm³/mol. The van der Waals surface area contributed by atoms with Gasteiger partial charge in [-0.1, -0.05) is 18.9 Å². The van der Waals surface area contributed by atoms with Gasteiger partial charge >= 0.3 is 0 Å². The Hall–Kier alpha value is -0.590. The summed E-state index contributed by atoms with van der Waals surface area (Å²) in [6.45, 7) is 2.06. The van der Waals surface area contributed by atoms with Crippen molar-refractivity contribution in [2.45, 2.75) is 39.0 Å². The molecule has 0 bridgehead atoms. The molecular weight excluding hydrogens is 148 g/mol. The maximum Gasteiger partial charge on any atom is 0.158 e. The zero-order chi connectivity index (χ0) is 8.55. The highest BCUT2D eigenvalue weighted by molar-refractivity contribution is 5.93. The van der Waals surface area contributed by atoms with E-state index in [2.05, 4.69) is 6.92 Å². The van der Waals surface area contributed by atoms with Gasteiger partial charge in [-0.15, -0.1) is 0 Å². The first-order valence-corrected chi connectivity index (χ1v) is 5.01. The summed E-state index contributed by atoms with van der Waals surface area (Å²) in [5.74, 6) is 1.41. The van der Waals surface area contributed by atoms with Crippen LogP contribution >= 0.6 is 0 Å². The Morgan fingerprint density at radius 2 is 2.25 bits per heavy atom. The molecule has 1 fully saturated rings. The number of rotatable bonds is 0. The third kappa shape index (κ3) is 1.33. The van der Waals surface area contributed by atoms with Gasteiger partial charge in [-0.3, -0.25) is 4.79 Å². The molecule has 0 aromatic rings. The maximum absolute atomic E-state index is 11.4. The lowest BCUT2D eigenvalue weighted by Gasteiger charge is -2.30. The summed E-state index contributed by atoms with van der Waals surface area (Å²) in [4.78, 5) is 11.4. The van der Waals surface area contributed by atoms with Crippen LogP contribution in [0.2, 0.25) is 0 Å². The topological polar surface area (TPSA) is 17.1 Å². The molecule has 0 heterocycles. The molecular formula is C11H16O. The highest BCUT2D eigenvalue weighted by Crippen LogP contribution is 2.37. The SMILES string of the molecule is C[C@H]1C[C@@H]2CCCCC2=CC1=O. The van der Waals surface area contributed by atoms with Gasteiger partial charge in [0.25, 0.3) is 0 Å². The van der Waals surface area contributed by atoms with E-state index in [0.717, 1.165) is 12.3 Å². The van der Waals surface area contributed by atoms with Crippen LogP contribution in [0, 0.1) is 11.8 Å². The van der Waals surface area contributed by atoms with Gasteiger partial charge in [0.1, 0.15) is 0 Å². The summed E-state index contributed by atoms with van der Waals surface area (Å²) >= 11 is 0. The van der Waals surface area contributed by atoms with Crippen LogP contribution in [0.5, 0.6) is 0 Å². The van der Waals surface area contributed by atoms with Crippen LogP contribution < -0.4 is 0 Å². The number of carbonyl (C=O) groups is 1. The van der Waals surface area contributed by atoms with E-state index in [9.17, 15) is 4.79 Å². The van der Waals surface area contributed by atoms with E-state index in [-0.39, 0.29) is 5.92 Å². The Balaban J connectivity index is 2.19. The molecule has 0 aromatic carbocycles. The van der Waals surface area contributed by atoms with Gasteiger partial charge in [-0.25, -0.2) is 0 Å². The van der Waals surface area contributed by atoms with Crippen LogP contribution in [0.4, 0.5) is 0 Å². The number of ketones is 1. The molecule has 0 aliphatic heterocycles. The second kappa shape index (κ2) is 3.04. The van der Waals surface area contributed by atoms with Gasteiger partial charge in [-0.05, 0) is 37.7 Å². The van der Waals surface area contributed by atoms with E-state index >= 15 is 0 Å².